The number of ether oxygens (including phenoxy) is 4. The SMILES string of the molecule is COc1ccc(OCC(=O)NCC2COc3ccccc3O2)c([N+](=O)[O-])c1. The number of hydrogen-bond acceptors (Lipinski definition) is 7. The Hall–Kier alpha value is -3.49. The van der Waals surface area contributed by atoms with Crippen LogP contribution in [0.2, 0.25) is 0 Å². The summed E-state index contributed by atoms with van der Waals surface area (Å²) in [6, 6.07) is 11.4. The maximum Gasteiger partial charge on any atom is 0.314 e. The fourth-order valence-electron chi connectivity index (χ4n) is 2.47. The molecule has 2 aromatic rings. The van der Waals surface area contributed by atoms with Gasteiger partial charge in [-0.15, -0.1) is 0 Å². The first kappa shape index (κ1) is 18.3. The van der Waals surface area contributed by atoms with Crippen molar-refractivity contribution < 1.29 is 28.7 Å². The van der Waals surface area contributed by atoms with Crippen molar-refractivity contribution in [1.29, 1.82) is 0 Å². The zero-order chi connectivity index (χ0) is 19.2. The molecule has 9 heteroatoms. The Labute approximate surface area is 154 Å². The van der Waals surface area contributed by atoms with Gasteiger partial charge in [0.2, 0.25) is 0 Å². The first-order chi connectivity index (χ1) is 13.1. The van der Waals surface area contributed by atoms with Gasteiger partial charge >= 0.3 is 5.69 Å². The highest BCUT2D eigenvalue weighted by Gasteiger charge is 2.22. The van der Waals surface area contributed by atoms with Crippen molar-refractivity contribution in [3.8, 4) is 23.0 Å². The molecule has 0 aliphatic carbocycles. The summed E-state index contributed by atoms with van der Waals surface area (Å²) >= 11 is 0. The Balaban J connectivity index is 1.50. The van der Waals surface area contributed by atoms with Gasteiger partial charge in [-0.05, 0) is 24.3 Å². The zero-order valence-corrected chi connectivity index (χ0v) is 14.5. The number of amides is 1. The lowest BCUT2D eigenvalue weighted by molar-refractivity contribution is -0.385. The van der Waals surface area contributed by atoms with Crippen molar-refractivity contribution in [1.82, 2.24) is 5.32 Å². The van der Waals surface area contributed by atoms with E-state index in [1.165, 1.54) is 25.3 Å². The number of rotatable bonds is 7. The molecule has 0 radical (unpaired) electrons. The molecule has 0 bridgehead atoms. The molecule has 1 heterocycles. The van der Waals surface area contributed by atoms with Crippen LogP contribution in [0.25, 0.3) is 0 Å². The maximum atomic E-state index is 12.0. The average Bonchev–Trinajstić information content (AvgIpc) is 2.70. The van der Waals surface area contributed by atoms with E-state index in [2.05, 4.69) is 5.32 Å². The lowest BCUT2D eigenvalue weighted by Gasteiger charge is -2.26. The molecule has 142 valence electrons. The zero-order valence-electron chi connectivity index (χ0n) is 14.5. The van der Waals surface area contributed by atoms with Gasteiger partial charge in [-0.1, -0.05) is 12.1 Å². The molecular weight excluding hydrogens is 356 g/mol. The molecule has 27 heavy (non-hydrogen) atoms. The van der Waals surface area contributed by atoms with Crippen LogP contribution < -0.4 is 24.3 Å². The van der Waals surface area contributed by atoms with Crippen LogP contribution in [0.5, 0.6) is 23.0 Å². The highest BCUT2D eigenvalue weighted by molar-refractivity contribution is 5.77. The summed E-state index contributed by atoms with van der Waals surface area (Å²) < 4.78 is 21.5. The number of nitrogens with one attached hydrogen (secondary N) is 1. The number of benzene rings is 2. The van der Waals surface area contributed by atoms with E-state index in [-0.39, 0.29) is 30.7 Å². The second-order valence-electron chi connectivity index (χ2n) is 5.68. The number of para-hydroxylation sites is 2. The van der Waals surface area contributed by atoms with Crippen LogP contribution in [0.1, 0.15) is 0 Å². The Morgan fingerprint density at radius 3 is 2.81 bits per heavy atom. The number of hydrogen-bond donors (Lipinski definition) is 1. The number of nitro groups is 1. The molecule has 3 rings (SSSR count). The van der Waals surface area contributed by atoms with Crippen molar-refractivity contribution in [2.24, 2.45) is 0 Å². The van der Waals surface area contributed by atoms with Crippen LogP contribution >= 0.6 is 0 Å². The lowest BCUT2D eigenvalue weighted by atomic mass is 10.2. The van der Waals surface area contributed by atoms with Crippen molar-refractivity contribution in [3.05, 3.63) is 52.6 Å². The van der Waals surface area contributed by atoms with Gasteiger partial charge in [0.25, 0.3) is 5.91 Å². The molecule has 9 nitrogen and oxygen atoms in total. The predicted molar refractivity (Wildman–Crippen MR) is 94.5 cm³/mol. The third-order valence-electron chi connectivity index (χ3n) is 3.82. The number of carbonyl (C=O) groups excluding carboxylic acids is 1. The van der Waals surface area contributed by atoms with Crippen LogP contribution in [-0.2, 0) is 4.79 Å². The summed E-state index contributed by atoms with van der Waals surface area (Å²) in [7, 11) is 1.41. The van der Waals surface area contributed by atoms with Crippen molar-refractivity contribution >= 4 is 11.6 Å². The molecular formula is C18H18N2O7. The first-order valence-electron chi connectivity index (χ1n) is 8.17. The van der Waals surface area contributed by atoms with Crippen LogP contribution in [-0.4, -0.2) is 43.8 Å². The molecule has 0 saturated carbocycles. The van der Waals surface area contributed by atoms with Gasteiger partial charge < -0.3 is 24.3 Å². The number of carbonyl (C=O) groups is 1. The Morgan fingerprint density at radius 2 is 2.07 bits per heavy atom. The third kappa shape index (κ3) is 4.57. The van der Waals surface area contributed by atoms with E-state index in [1.807, 2.05) is 12.1 Å². The summed E-state index contributed by atoms with van der Waals surface area (Å²) in [6.07, 6.45) is -0.334. The molecule has 1 unspecified atom stereocenters. The van der Waals surface area contributed by atoms with E-state index < -0.39 is 10.8 Å². The van der Waals surface area contributed by atoms with Crippen LogP contribution in [0, 0.1) is 10.1 Å². The number of nitrogens with zero attached hydrogens (tertiary/aromatic N) is 1. The molecule has 0 spiro atoms. The minimum Gasteiger partial charge on any atom is -0.496 e. The standard InChI is InChI=1S/C18H18N2O7/c1-24-12-6-7-15(14(8-12)20(22)23)26-11-18(21)19-9-13-10-25-16-4-2-3-5-17(16)27-13/h2-8,13H,9-11H2,1H3,(H,19,21). The van der Waals surface area contributed by atoms with E-state index >= 15 is 0 Å². The van der Waals surface area contributed by atoms with Crippen molar-refractivity contribution in [3.63, 3.8) is 0 Å². The van der Waals surface area contributed by atoms with Crippen LogP contribution in [0.3, 0.4) is 0 Å². The summed E-state index contributed by atoms with van der Waals surface area (Å²) in [5.41, 5.74) is -0.275. The summed E-state index contributed by atoms with van der Waals surface area (Å²) in [4.78, 5) is 22.5. The van der Waals surface area contributed by atoms with Gasteiger partial charge in [-0.25, -0.2) is 0 Å². The summed E-state index contributed by atoms with van der Waals surface area (Å²) in [5.74, 6) is 1.17. The van der Waals surface area contributed by atoms with Gasteiger partial charge in [-0.2, -0.15) is 0 Å². The molecule has 1 atom stereocenters. The van der Waals surface area contributed by atoms with Crippen LogP contribution in [0.4, 0.5) is 5.69 Å². The minimum atomic E-state index is -0.597. The summed E-state index contributed by atoms with van der Waals surface area (Å²) in [6.45, 7) is 0.167. The largest absolute Gasteiger partial charge is 0.496 e. The smallest absolute Gasteiger partial charge is 0.314 e. The molecule has 1 N–H and O–H groups in total. The monoisotopic (exact) mass is 374 g/mol. The lowest BCUT2D eigenvalue weighted by Crippen LogP contribution is -2.42. The maximum absolute atomic E-state index is 12.0. The normalized spacial score (nSPS) is 14.9. The van der Waals surface area contributed by atoms with Crippen LogP contribution in [0.15, 0.2) is 42.5 Å². The third-order valence-corrected chi connectivity index (χ3v) is 3.82. The molecule has 0 fully saturated rings. The fourth-order valence-corrected chi connectivity index (χ4v) is 2.47. The molecule has 1 aliphatic rings. The molecule has 1 amide bonds. The fraction of sp³-hybridized carbons (Fsp3) is 0.278. The highest BCUT2D eigenvalue weighted by Crippen LogP contribution is 2.31. The Kier molecular flexibility index (Phi) is 5.60. The second kappa shape index (κ2) is 8.26. The van der Waals surface area contributed by atoms with Gasteiger partial charge in [0, 0.05) is 0 Å². The topological polar surface area (TPSA) is 109 Å². The van der Waals surface area contributed by atoms with E-state index in [9.17, 15) is 14.9 Å². The predicted octanol–water partition coefficient (Wildman–Crippen LogP) is 1.94. The first-order valence-corrected chi connectivity index (χ1v) is 8.17. The highest BCUT2D eigenvalue weighted by atomic mass is 16.6. The van der Waals surface area contributed by atoms with E-state index in [0.717, 1.165) is 0 Å². The van der Waals surface area contributed by atoms with Crippen molar-refractivity contribution in [2.75, 3.05) is 26.9 Å². The Morgan fingerprint density at radius 1 is 1.30 bits per heavy atom. The van der Waals surface area contributed by atoms with E-state index in [4.69, 9.17) is 18.9 Å². The van der Waals surface area contributed by atoms with Gasteiger partial charge in [0.05, 0.1) is 24.6 Å². The van der Waals surface area contributed by atoms with E-state index in [0.29, 0.717) is 23.9 Å². The molecule has 1 aliphatic heterocycles. The minimum absolute atomic E-state index is 0.0119. The molecule has 0 saturated heterocycles. The van der Waals surface area contributed by atoms with E-state index in [1.54, 1.807) is 12.1 Å². The van der Waals surface area contributed by atoms with Crippen molar-refractivity contribution in [2.45, 2.75) is 6.10 Å². The summed E-state index contributed by atoms with van der Waals surface area (Å²) in [5, 5.41) is 13.8. The van der Waals surface area contributed by atoms with Gasteiger partial charge in [0.1, 0.15) is 18.5 Å². The van der Waals surface area contributed by atoms with Gasteiger partial charge in [0.15, 0.2) is 23.9 Å². The second-order valence-corrected chi connectivity index (χ2v) is 5.68. The molecule has 2 aromatic carbocycles. The average molecular weight is 374 g/mol. The van der Waals surface area contributed by atoms with Gasteiger partial charge in [-0.3, -0.25) is 14.9 Å². The number of methoxy groups -OCH3 is 1. The Bertz CT molecular complexity index is 840. The number of fused-ring (bicyclic) bond motifs is 1. The number of nitro benzene ring substituents is 1. The quantitative estimate of drug-likeness (QED) is 0.582. The molecule has 0 aromatic heterocycles.